The van der Waals surface area contributed by atoms with Crippen molar-refractivity contribution in [3.8, 4) is 11.8 Å². The van der Waals surface area contributed by atoms with Crippen LogP contribution in [0.2, 0.25) is 0 Å². The Kier molecular flexibility index (Phi) is 1.95. The molecule has 5 nitrogen and oxygen atoms in total. The number of nitriles is 1. The highest BCUT2D eigenvalue weighted by Crippen LogP contribution is 2.12. The summed E-state index contributed by atoms with van der Waals surface area (Å²) < 4.78 is 1.54. The average molecular weight is 185 g/mol. The van der Waals surface area contributed by atoms with Crippen molar-refractivity contribution < 1.29 is 0 Å². The molecule has 14 heavy (non-hydrogen) atoms. The minimum absolute atomic E-state index is 0.558. The maximum atomic E-state index is 8.88. The average Bonchev–Trinajstić information content (AvgIpc) is 2.64. The van der Waals surface area contributed by atoms with E-state index in [9.17, 15) is 0 Å². The number of para-hydroxylation sites is 1. The van der Waals surface area contributed by atoms with Crippen molar-refractivity contribution in [1.29, 1.82) is 5.26 Å². The molecule has 1 aromatic heterocycles. The minimum atomic E-state index is 0.558. The molecule has 0 aliphatic carbocycles. The first-order valence-corrected chi connectivity index (χ1v) is 4.07. The lowest BCUT2D eigenvalue weighted by Crippen LogP contribution is -2.01. The quantitative estimate of drug-likeness (QED) is 0.660. The van der Waals surface area contributed by atoms with Crippen molar-refractivity contribution in [1.82, 2.24) is 20.2 Å². The SMILES string of the molecule is Cc1nnnn1-c1ccccc1C#N. The number of rotatable bonds is 1. The molecule has 5 heteroatoms. The molecule has 0 aliphatic rings. The molecule has 0 atom stereocenters. The van der Waals surface area contributed by atoms with Gasteiger partial charge < -0.3 is 0 Å². The van der Waals surface area contributed by atoms with Crippen molar-refractivity contribution in [3.05, 3.63) is 35.7 Å². The van der Waals surface area contributed by atoms with E-state index < -0.39 is 0 Å². The van der Waals surface area contributed by atoms with Gasteiger partial charge in [-0.05, 0) is 29.5 Å². The molecule has 1 heterocycles. The zero-order valence-electron chi connectivity index (χ0n) is 7.55. The smallest absolute Gasteiger partial charge is 0.153 e. The maximum absolute atomic E-state index is 8.88. The number of aryl methyl sites for hydroxylation is 1. The van der Waals surface area contributed by atoms with E-state index >= 15 is 0 Å². The van der Waals surface area contributed by atoms with Crippen molar-refractivity contribution in [2.45, 2.75) is 6.92 Å². The zero-order chi connectivity index (χ0) is 9.97. The van der Waals surface area contributed by atoms with Gasteiger partial charge in [0.15, 0.2) is 5.82 Å². The summed E-state index contributed by atoms with van der Waals surface area (Å²) in [4.78, 5) is 0. The lowest BCUT2D eigenvalue weighted by Gasteiger charge is -2.02. The van der Waals surface area contributed by atoms with E-state index in [2.05, 4.69) is 21.6 Å². The molecule has 0 amide bonds. The molecule has 0 spiro atoms. The van der Waals surface area contributed by atoms with E-state index in [0.717, 1.165) is 0 Å². The Balaban J connectivity index is 2.64. The van der Waals surface area contributed by atoms with Gasteiger partial charge in [-0.3, -0.25) is 0 Å². The number of hydrogen-bond acceptors (Lipinski definition) is 4. The van der Waals surface area contributed by atoms with Gasteiger partial charge in [0.1, 0.15) is 6.07 Å². The van der Waals surface area contributed by atoms with Crippen LogP contribution in [0.5, 0.6) is 0 Å². The van der Waals surface area contributed by atoms with Gasteiger partial charge in [0.25, 0.3) is 0 Å². The van der Waals surface area contributed by atoms with Crippen LogP contribution in [0.4, 0.5) is 0 Å². The highest BCUT2D eigenvalue weighted by atomic mass is 15.5. The Labute approximate surface area is 80.6 Å². The van der Waals surface area contributed by atoms with Crippen molar-refractivity contribution >= 4 is 0 Å². The van der Waals surface area contributed by atoms with E-state index in [1.807, 2.05) is 18.2 Å². The monoisotopic (exact) mass is 185 g/mol. The molecule has 0 saturated carbocycles. The van der Waals surface area contributed by atoms with Gasteiger partial charge in [0, 0.05) is 0 Å². The first-order valence-electron chi connectivity index (χ1n) is 4.07. The fraction of sp³-hybridized carbons (Fsp3) is 0.111. The van der Waals surface area contributed by atoms with Crippen LogP contribution in [0.1, 0.15) is 11.4 Å². The van der Waals surface area contributed by atoms with Gasteiger partial charge in [-0.2, -0.15) is 9.94 Å². The van der Waals surface area contributed by atoms with E-state index in [1.54, 1.807) is 17.7 Å². The van der Waals surface area contributed by atoms with Crippen molar-refractivity contribution in [3.63, 3.8) is 0 Å². The van der Waals surface area contributed by atoms with E-state index in [0.29, 0.717) is 17.1 Å². The summed E-state index contributed by atoms with van der Waals surface area (Å²) >= 11 is 0. The predicted molar refractivity (Wildman–Crippen MR) is 48.6 cm³/mol. The summed E-state index contributed by atoms with van der Waals surface area (Å²) in [5, 5.41) is 20.0. The first kappa shape index (κ1) is 8.38. The second-order valence-corrected chi connectivity index (χ2v) is 2.77. The van der Waals surface area contributed by atoms with Gasteiger partial charge >= 0.3 is 0 Å². The lowest BCUT2D eigenvalue weighted by atomic mass is 10.2. The molecule has 0 bridgehead atoms. The Hall–Kier alpha value is -2.22. The van der Waals surface area contributed by atoms with Crippen LogP contribution in [0, 0.1) is 18.3 Å². The molecule has 0 N–H and O–H groups in total. The number of benzene rings is 1. The normalized spacial score (nSPS) is 9.71. The van der Waals surface area contributed by atoms with Crippen molar-refractivity contribution in [2.24, 2.45) is 0 Å². The number of tetrazole rings is 1. The molecule has 2 aromatic rings. The zero-order valence-corrected chi connectivity index (χ0v) is 7.55. The molecule has 0 aliphatic heterocycles. The third-order valence-corrected chi connectivity index (χ3v) is 1.88. The summed E-state index contributed by atoms with van der Waals surface area (Å²) in [5.74, 6) is 0.660. The molecule has 0 unspecified atom stereocenters. The van der Waals surface area contributed by atoms with Gasteiger partial charge in [-0.25, -0.2) is 0 Å². The Morgan fingerprint density at radius 2 is 2.14 bits per heavy atom. The molecule has 1 aromatic carbocycles. The summed E-state index contributed by atoms with van der Waals surface area (Å²) in [5.41, 5.74) is 1.26. The molecular formula is C9H7N5. The van der Waals surface area contributed by atoms with Gasteiger partial charge in [-0.1, -0.05) is 12.1 Å². The fourth-order valence-electron chi connectivity index (χ4n) is 1.21. The summed E-state index contributed by atoms with van der Waals surface area (Å²) in [7, 11) is 0. The van der Waals surface area contributed by atoms with Crippen LogP contribution in [-0.2, 0) is 0 Å². The van der Waals surface area contributed by atoms with Gasteiger partial charge in [-0.15, -0.1) is 5.10 Å². The number of hydrogen-bond donors (Lipinski definition) is 0. The van der Waals surface area contributed by atoms with E-state index in [-0.39, 0.29) is 0 Å². The topological polar surface area (TPSA) is 67.4 Å². The summed E-state index contributed by atoms with van der Waals surface area (Å²) in [6.45, 7) is 1.79. The molecule has 2 rings (SSSR count). The first-order chi connectivity index (χ1) is 6.83. The molecule has 0 saturated heterocycles. The Morgan fingerprint density at radius 1 is 1.36 bits per heavy atom. The second-order valence-electron chi connectivity index (χ2n) is 2.77. The third kappa shape index (κ3) is 1.23. The van der Waals surface area contributed by atoms with Crippen LogP contribution < -0.4 is 0 Å². The van der Waals surface area contributed by atoms with Gasteiger partial charge in [0.05, 0.1) is 11.3 Å². The van der Waals surface area contributed by atoms with Crippen molar-refractivity contribution in [2.75, 3.05) is 0 Å². The summed E-state index contributed by atoms with van der Waals surface area (Å²) in [6, 6.07) is 9.29. The fourth-order valence-corrected chi connectivity index (χ4v) is 1.21. The Bertz CT molecular complexity index is 494. The highest BCUT2D eigenvalue weighted by Gasteiger charge is 2.07. The molecular weight excluding hydrogens is 178 g/mol. The number of nitrogens with zero attached hydrogens (tertiary/aromatic N) is 5. The highest BCUT2D eigenvalue weighted by molar-refractivity contribution is 5.48. The second kappa shape index (κ2) is 3.26. The maximum Gasteiger partial charge on any atom is 0.153 e. The standard InChI is InChI=1S/C9H7N5/c1-7-11-12-13-14(7)9-5-3-2-4-8(9)6-10/h2-5H,1H3. The van der Waals surface area contributed by atoms with Crippen LogP contribution in [0.25, 0.3) is 5.69 Å². The van der Waals surface area contributed by atoms with Crippen LogP contribution in [0.3, 0.4) is 0 Å². The summed E-state index contributed by atoms with van der Waals surface area (Å²) in [6.07, 6.45) is 0. The van der Waals surface area contributed by atoms with Crippen LogP contribution in [0.15, 0.2) is 24.3 Å². The molecule has 0 radical (unpaired) electrons. The van der Waals surface area contributed by atoms with E-state index in [1.165, 1.54) is 0 Å². The Morgan fingerprint density at radius 3 is 2.79 bits per heavy atom. The minimum Gasteiger partial charge on any atom is -0.196 e. The van der Waals surface area contributed by atoms with E-state index in [4.69, 9.17) is 5.26 Å². The molecule has 68 valence electrons. The van der Waals surface area contributed by atoms with Crippen LogP contribution >= 0.6 is 0 Å². The third-order valence-electron chi connectivity index (χ3n) is 1.88. The number of aromatic nitrogens is 4. The lowest BCUT2D eigenvalue weighted by molar-refractivity contribution is 0.778. The van der Waals surface area contributed by atoms with Gasteiger partial charge in [0.2, 0.25) is 0 Å². The van der Waals surface area contributed by atoms with Crippen LogP contribution in [-0.4, -0.2) is 20.2 Å². The largest absolute Gasteiger partial charge is 0.196 e. The predicted octanol–water partition coefficient (Wildman–Crippen LogP) is 0.842. The molecule has 0 fully saturated rings.